The number of benzene rings is 1. The highest BCUT2D eigenvalue weighted by atomic mass is 35.7. The third-order valence-electron chi connectivity index (χ3n) is 2.51. The van der Waals surface area contributed by atoms with Gasteiger partial charge in [-0.15, -0.1) is 12.3 Å². The number of hydrogen-bond donors (Lipinski definition) is 1. The Balaban J connectivity index is 2.87. The van der Waals surface area contributed by atoms with Gasteiger partial charge in [-0.3, -0.25) is 0 Å². The lowest BCUT2D eigenvalue weighted by Gasteiger charge is -2.08. The van der Waals surface area contributed by atoms with E-state index in [-0.39, 0.29) is 6.54 Å². The van der Waals surface area contributed by atoms with E-state index in [9.17, 15) is 21.2 Å². The normalized spacial score (nSPS) is 12.0. The summed E-state index contributed by atoms with van der Waals surface area (Å²) in [6.45, 7) is 0.110. The molecule has 5 nitrogen and oxygen atoms in total. The van der Waals surface area contributed by atoms with E-state index in [0.717, 1.165) is 12.1 Å². The Hall–Kier alpha value is -1.14. The predicted molar refractivity (Wildman–Crippen MR) is 77.3 cm³/mol. The van der Waals surface area contributed by atoms with E-state index >= 15 is 0 Å². The van der Waals surface area contributed by atoms with Crippen molar-refractivity contribution in [1.29, 1.82) is 0 Å². The Kier molecular flexibility index (Phi) is 6.16. The first-order chi connectivity index (χ1) is 9.68. The van der Waals surface area contributed by atoms with Gasteiger partial charge in [0.1, 0.15) is 10.7 Å². The maximum atomic E-state index is 13.7. The highest BCUT2D eigenvalue weighted by molar-refractivity contribution is 8.13. The number of hydrogen-bond acceptors (Lipinski definition) is 4. The van der Waals surface area contributed by atoms with Gasteiger partial charge in [0.2, 0.25) is 10.0 Å². The van der Waals surface area contributed by atoms with Crippen LogP contribution in [0.5, 0.6) is 0 Å². The number of terminal acetylenes is 1. The maximum Gasteiger partial charge on any atom is 0.261 e. The molecule has 0 unspecified atom stereocenters. The summed E-state index contributed by atoms with van der Waals surface area (Å²) >= 11 is 0. The fourth-order valence-corrected chi connectivity index (χ4v) is 3.38. The van der Waals surface area contributed by atoms with Crippen molar-refractivity contribution >= 4 is 29.8 Å². The smallest absolute Gasteiger partial charge is 0.211 e. The zero-order valence-corrected chi connectivity index (χ0v) is 13.2. The third kappa shape index (κ3) is 5.28. The fraction of sp³-hybridized carbons (Fsp3) is 0.333. The number of halogens is 2. The van der Waals surface area contributed by atoms with Gasteiger partial charge in [0, 0.05) is 23.6 Å². The Bertz CT molecular complexity index is 754. The van der Waals surface area contributed by atoms with Crippen LogP contribution in [0.4, 0.5) is 4.39 Å². The Morgan fingerprint density at radius 3 is 2.43 bits per heavy atom. The zero-order valence-electron chi connectivity index (χ0n) is 10.8. The lowest BCUT2D eigenvalue weighted by atomic mass is 10.2. The van der Waals surface area contributed by atoms with Gasteiger partial charge in [-0.1, -0.05) is 0 Å². The summed E-state index contributed by atoms with van der Waals surface area (Å²) in [4.78, 5) is -1.14. The van der Waals surface area contributed by atoms with Gasteiger partial charge in [-0.05, 0) is 31.0 Å². The minimum Gasteiger partial charge on any atom is -0.211 e. The summed E-state index contributed by atoms with van der Waals surface area (Å²) in [7, 11) is -3.12. The molecule has 0 aliphatic rings. The van der Waals surface area contributed by atoms with Crippen LogP contribution in [0.15, 0.2) is 28.0 Å². The molecule has 0 amide bonds. The second-order valence-corrected chi connectivity index (χ2v) is 8.39. The van der Waals surface area contributed by atoms with Crippen molar-refractivity contribution in [1.82, 2.24) is 4.72 Å². The summed E-state index contributed by atoms with van der Waals surface area (Å²) in [5, 5.41) is 0. The van der Waals surface area contributed by atoms with Crippen LogP contribution in [-0.4, -0.2) is 23.4 Å². The van der Waals surface area contributed by atoms with Crippen LogP contribution in [0.3, 0.4) is 0 Å². The number of sulfonamides is 1. The van der Waals surface area contributed by atoms with Gasteiger partial charge in [0.05, 0.1) is 4.90 Å². The molecule has 0 aliphatic carbocycles. The number of unbranched alkanes of at least 4 members (excludes halogenated alkanes) is 2. The van der Waals surface area contributed by atoms with Crippen LogP contribution in [0.2, 0.25) is 0 Å². The van der Waals surface area contributed by atoms with Crippen molar-refractivity contribution in [2.45, 2.75) is 29.1 Å². The van der Waals surface area contributed by atoms with Crippen LogP contribution in [0, 0.1) is 18.2 Å². The van der Waals surface area contributed by atoms with Crippen molar-refractivity contribution in [2.75, 3.05) is 6.54 Å². The van der Waals surface area contributed by atoms with E-state index in [1.54, 1.807) is 0 Å². The van der Waals surface area contributed by atoms with Crippen LogP contribution in [0.1, 0.15) is 19.3 Å². The molecule has 0 saturated carbocycles. The van der Waals surface area contributed by atoms with Crippen molar-refractivity contribution < 1.29 is 21.2 Å². The second kappa shape index (κ2) is 7.22. The molecule has 21 heavy (non-hydrogen) atoms. The van der Waals surface area contributed by atoms with Crippen LogP contribution in [0.25, 0.3) is 0 Å². The minimum atomic E-state index is -4.12. The summed E-state index contributed by atoms with van der Waals surface area (Å²) < 4.78 is 61.8. The van der Waals surface area contributed by atoms with Gasteiger partial charge in [0.15, 0.2) is 0 Å². The second-order valence-electron chi connectivity index (χ2n) is 4.09. The average Bonchev–Trinajstić information content (AvgIpc) is 2.37. The molecule has 1 aromatic rings. The molecule has 0 bridgehead atoms. The number of rotatable bonds is 7. The quantitative estimate of drug-likeness (QED) is 0.461. The molecule has 0 spiro atoms. The highest BCUT2D eigenvalue weighted by Crippen LogP contribution is 2.21. The molecule has 116 valence electrons. The van der Waals surface area contributed by atoms with E-state index in [1.165, 1.54) is 0 Å². The molecule has 0 aromatic heterocycles. The summed E-state index contributed by atoms with van der Waals surface area (Å²) in [5.41, 5.74) is 0. The van der Waals surface area contributed by atoms with Crippen LogP contribution >= 0.6 is 10.7 Å². The van der Waals surface area contributed by atoms with Crippen molar-refractivity contribution in [3.05, 3.63) is 24.0 Å². The Morgan fingerprint density at radius 2 is 1.90 bits per heavy atom. The zero-order chi connectivity index (χ0) is 16.1. The first-order valence-corrected chi connectivity index (χ1v) is 9.65. The van der Waals surface area contributed by atoms with Gasteiger partial charge < -0.3 is 0 Å². The molecule has 1 N–H and O–H groups in total. The van der Waals surface area contributed by atoms with Crippen LogP contribution in [-0.2, 0) is 19.1 Å². The first kappa shape index (κ1) is 17.9. The molecule has 1 aromatic carbocycles. The Labute approximate surface area is 128 Å². The monoisotopic (exact) mass is 353 g/mol. The predicted octanol–water partition coefficient (Wildman–Crippen LogP) is 1.83. The molecule has 0 aliphatic heterocycles. The molecule has 0 fully saturated rings. The topological polar surface area (TPSA) is 80.3 Å². The molecule has 9 heteroatoms. The first-order valence-electron chi connectivity index (χ1n) is 5.86. The van der Waals surface area contributed by atoms with Crippen molar-refractivity contribution in [2.24, 2.45) is 0 Å². The maximum absolute atomic E-state index is 13.7. The lowest BCUT2D eigenvalue weighted by Crippen LogP contribution is -2.25. The van der Waals surface area contributed by atoms with E-state index in [4.69, 9.17) is 17.1 Å². The van der Waals surface area contributed by atoms with E-state index < -0.39 is 34.7 Å². The summed E-state index contributed by atoms with van der Waals surface area (Å²) in [6, 6.07) is 2.35. The molecule has 0 radical (unpaired) electrons. The average molecular weight is 354 g/mol. The largest absolute Gasteiger partial charge is 0.261 e. The number of nitrogens with one attached hydrogen (secondary N) is 1. The van der Waals surface area contributed by atoms with E-state index in [0.29, 0.717) is 25.3 Å². The van der Waals surface area contributed by atoms with E-state index in [1.807, 2.05) is 0 Å². The standard InChI is InChI=1S/C12H13ClFNO4S2/c1-2-3-4-5-8-15-21(18,19)12-7-6-10(9-11(12)14)20(13,16)17/h1,6-7,9,15H,3-5,8H2. The molecule has 1 rings (SSSR count). The third-order valence-corrected chi connectivity index (χ3v) is 5.36. The molecule has 0 heterocycles. The fourth-order valence-electron chi connectivity index (χ4n) is 1.49. The molecular weight excluding hydrogens is 341 g/mol. The van der Waals surface area contributed by atoms with Crippen molar-refractivity contribution in [3.63, 3.8) is 0 Å². The van der Waals surface area contributed by atoms with Crippen LogP contribution < -0.4 is 4.72 Å². The van der Waals surface area contributed by atoms with Gasteiger partial charge in [-0.2, -0.15) is 0 Å². The SMILES string of the molecule is C#CCCCCNS(=O)(=O)c1ccc(S(=O)(=O)Cl)cc1F. The summed E-state index contributed by atoms with van der Waals surface area (Å²) in [5.74, 6) is 1.23. The lowest BCUT2D eigenvalue weighted by molar-refractivity contribution is 0.551. The Morgan fingerprint density at radius 1 is 1.24 bits per heavy atom. The van der Waals surface area contributed by atoms with Gasteiger partial charge in [-0.25, -0.2) is 25.9 Å². The summed E-state index contributed by atoms with van der Waals surface area (Å²) in [6.07, 6.45) is 6.74. The highest BCUT2D eigenvalue weighted by Gasteiger charge is 2.21. The van der Waals surface area contributed by atoms with Crippen molar-refractivity contribution in [3.8, 4) is 12.3 Å². The minimum absolute atomic E-state index is 0.110. The molecule has 0 saturated heterocycles. The van der Waals surface area contributed by atoms with Gasteiger partial charge >= 0.3 is 0 Å². The van der Waals surface area contributed by atoms with E-state index in [2.05, 4.69) is 10.6 Å². The molecular formula is C12H13ClFNO4S2. The van der Waals surface area contributed by atoms with Gasteiger partial charge in [0.25, 0.3) is 9.05 Å². The molecule has 0 atom stereocenters.